The Balaban J connectivity index is 1.71. The highest BCUT2D eigenvalue weighted by molar-refractivity contribution is 5.92. The monoisotopic (exact) mass is 434 g/mol. The van der Waals surface area contributed by atoms with E-state index < -0.39 is 27.2 Å². The summed E-state index contributed by atoms with van der Waals surface area (Å²) in [5.41, 5.74) is 1.15. The summed E-state index contributed by atoms with van der Waals surface area (Å²) >= 11 is 0. The van der Waals surface area contributed by atoms with Gasteiger partial charge in [0.2, 0.25) is 0 Å². The molecule has 10 nitrogen and oxygen atoms in total. The normalized spacial score (nSPS) is 10.7. The number of carbonyl (C=O) groups is 1. The first kappa shape index (κ1) is 22.1. The van der Waals surface area contributed by atoms with Gasteiger partial charge >= 0.3 is 5.97 Å². The van der Waals surface area contributed by atoms with Crippen molar-refractivity contribution in [1.82, 2.24) is 0 Å². The van der Waals surface area contributed by atoms with Crippen LogP contribution in [0.3, 0.4) is 0 Å². The Morgan fingerprint density at radius 1 is 0.906 bits per heavy atom. The highest BCUT2D eigenvalue weighted by Crippen LogP contribution is 2.24. The summed E-state index contributed by atoms with van der Waals surface area (Å²) in [6.07, 6.45) is 1.65. The summed E-state index contributed by atoms with van der Waals surface area (Å²) in [6, 6.07) is 16.7. The van der Waals surface area contributed by atoms with Crippen LogP contribution in [0.4, 0.5) is 22.7 Å². The minimum atomic E-state index is -0.945. The molecule has 3 aromatic carbocycles. The molecule has 0 aromatic heterocycles. The van der Waals surface area contributed by atoms with E-state index in [4.69, 9.17) is 4.74 Å². The molecule has 10 heteroatoms. The Morgan fingerprint density at radius 3 is 1.97 bits per heavy atom. The van der Waals surface area contributed by atoms with Crippen LogP contribution >= 0.6 is 0 Å². The number of anilines is 1. The first-order valence-corrected chi connectivity index (χ1v) is 9.30. The van der Waals surface area contributed by atoms with Gasteiger partial charge in [0.1, 0.15) is 5.75 Å². The maximum atomic E-state index is 12.3. The van der Waals surface area contributed by atoms with Crippen LogP contribution in [0.1, 0.15) is 15.9 Å². The van der Waals surface area contributed by atoms with E-state index in [0.29, 0.717) is 0 Å². The van der Waals surface area contributed by atoms with Gasteiger partial charge < -0.3 is 9.64 Å². The number of esters is 1. The quantitative estimate of drug-likeness (QED) is 0.175. The summed E-state index contributed by atoms with van der Waals surface area (Å²) in [5, 5.41) is 21.9. The van der Waals surface area contributed by atoms with E-state index in [2.05, 4.69) is 4.99 Å². The van der Waals surface area contributed by atoms with Crippen LogP contribution in [0.25, 0.3) is 0 Å². The summed E-state index contributed by atoms with van der Waals surface area (Å²) in [4.78, 5) is 39.0. The molecule has 0 saturated heterocycles. The number of rotatable bonds is 7. The van der Waals surface area contributed by atoms with Crippen molar-refractivity contribution in [3.8, 4) is 5.75 Å². The molecule has 0 N–H and O–H groups in total. The van der Waals surface area contributed by atoms with Crippen LogP contribution in [0.2, 0.25) is 0 Å². The second-order valence-corrected chi connectivity index (χ2v) is 6.88. The number of carbonyl (C=O) groups excluding carboxylic acids is 1. The Hall–Kier alpha value is -4.60. The van der Waals surface area contributed by atoms with Crippen molar-refractivity contribution in [3.63, 3.8) is 0 Å². The number of aliphatic imine (C=N–C) groups is 1. The molecule has 0 heterocycles. The van der Waals surface area contributed by atoms with Crippen molar-refractivity contribution < 1.29 is 19.4 Å². The van der Waals surface area contributed by atoms with Crippen molar-refractivity contribution in [1.29, 1.82) is 0 Å². The van der Waals surface area contributed by atoms with E-state index in [1.807, 2.05) is 43.3 Å². The fourth-order valence-electron chi connectivity index (χ4n) is 2.70. The average molecular weight is 434 g/mol. The molecule has 3 rings (SSSR count). The van der Waals surface area contributed by atoms with Crippen LogP contribution in [0.15, 0.2) is 71.7 Å². The molecule has 0 bridgehead atoms. The first-order valence-electron chi connectivity index (χ1n) is 9.30. The van der Waals surface area contributed by atoms with Crippen molar-refractivity contribution in [2.75, 3.05) is 19.0 Å². The summed E-state index contributed by atoms with van der Waals surface area (Å²) < 4.78 is 5.19. The summed E-state index contributed by atoms with van der Waals surface area (Å²) in [6.45, 7) is 0. The van der Waals surface area contributed by atoms with E-state index in [1.165, 1.54) is 12.1 Å². The predicted molar refractivity (Wildman–Crippen MR) is 119 cm³/mol. The fraction of sp³-hybridized carbons (Fsp3) is 0.0909. The summed E-state index contributed by atoms with van der Waals surface area (Å²) in [7, 11) is 3.90. The minimum absolute atomic E-state index is 0.177. The Bertz CT molecular complexity index is 1160. The second-order valence-electron chi connectivity index (χ2n) is 6.88. The van der Waals surface area contributed by atoms with Gasteiger partial charge in [0.05, 0.1) is 27.2 Å². The highest BCUT2D eigenvalue weighted by atomic mass is 16.6. The number of non-ortho nitro benzene ring substituents is 2. The van der Waals surface area contributed by atoms with Gasteiger partial charge in [-0.25, -0.2) is 4.79 Å². The molecular weight excluding hydrogens is 416 g/mol. The molecule has 0 aliphatic carbocycles. The number of hydrogen-bond donors (Lipinski definition) is 0. The lowest BCUT2D eigenvalue weighted by Gasteiger charge is -2.11. The minimum Gasteiger partial charge on any atom is -0.423 e. The molecule has 0 radical (unpaired) electrons. The lowest BCUT2D eigenvalue weighted by Crippen LogP contribution is -2.09. The van der Waals surface area contributed by atoms with Crippen LogP contribution in [0.5, 0.6) is 5.75 Å². The van der Waals surface area contributed by atoms with Crippen LogP contribution in [-0.2, 0) is 0 Å². The van der Waals surface area contributed by atoms with Crippen LogP contribution in [-0.4, -0.2) is 36.1 Å². The van der Waals surface area contributed by atoms with Crippen molar-refractivity contribution in [3.05, 3.63) is 98.1 Å². The van der Waals surface area contributed by atoms with Crippen LogP contribution in [0, 0.1) is 20.2 Å². The molecule has 0 amide bonds. The second kappa shape index (κ2) is 9.47. The molecule has 0 unspecified atom stereocenters. The summed E-state index contributed by atoms with van der Waals surface area (Å²) in [5.74, 6) is -0.768. The maximum Gasteiger partial charge on any atom is 0.344 e. The molecular formula is C22H18N4O6. The smallest absolute Gasteiger partial charge is 0.344 e. The molecule has 0 spiro atoms. The molecule has 0 aliphatic rings. The van der Waals surface area contributed by atoms with Gasteiger partial charge in [0.15, 0.2) is 0 Å². The van der Waals surface area contributed by atoms with Gasteiger partial charge in [-0.2, -0.15) is 0 Å². The van der Waals surface area contributed by atoms with Gasteiger partial charge in [0, 0.05) is 38.1 Å². The van der Waals surface area contributed by atoms with Gasteiger partial charge in [-0.1, -0.05) is 0 Å². The number of nitrogens with zero attached hydrogens (tertiary/aromatic N) is 4. The molecule has 0 fully saturated rings. The predicted octanol–water partition coefficient (Wildman–Crippen LogP) is 4.54. The SMILES string of the molecule is CN(C)c1ccc(N=Cc2ccc(OC(=O)c3cc([N+](=O)[O-])cc([N+](=O)[O-])c3)cc2)cc1. The highest BCUT2D eigenvalue weighted by Gasteiger charge is 2.21. The van der Waals surface area contributed by atoms with Crippen molar-refractivity contribution in [2.45, 2.75) is 0 Å². The molecule has 32 heavy (non-hydrogen) atoms. The van der Waals surface area contributed by atoms with E-state index in [1.54, 1.807) is 18.3 Å². The fourth-order valence-corrected chi connectivity index (χ4v) is 2.70. The lowest BCUT2D eigenvalue weighted by molar-refractivity contribution is -0.394. The standard InChI is InChI=1S/C22H18N4O6/c1-24(2)18-7-5-17(6-8-18)23-14-15-3-9-21(10-4-15)32-22(27)16-11-19(25(28)29)13-20(12-16)26(30)31/h3-14H,1-2H3. The van der Waals surface area contributed by atoms with Crippen molar-refractivity contribution >= 4 is 34.9 Å². The molecule has 0 saturated carbocycles. The number of ether oxygens (including phenoxy) is 1. The third-order valence-corrected chi connectivity index (χ3v) is 4.38. The number of nitro groups is 2. The first-order chi connectivity index (χ1) is 15.2. The van der Waals surface area contributed by atoms with Gasteiger partial charge in [0.25, 0.3) is 11.4 Å². The van der Waals surface area contributed by atoms with Gasteiger partial charge in [-0.05, 0) is 54.1 Å². The van der Waals surface area contributed by atoms with E-state index in [9.17, 15) is 25.0 Å². The Kier molecular flexibility index (Phi) is 6.54. The van der Waals surface area contributed by atoms with Gasteiger partial charge in [-0.15, -0.1) is 0 Å². The maximum absolute atomic E-state index is 12.3. The largest absolute Gasteiger partial charge is 0.423 e. The zero-order valence-corrected chi connectivity index (χ0v) is 17.2. The number of nitro benzene ring substituents is 2. The zero-order valence-electron chi connectivity index (χ0n) is 17.2. The third kappa shape index (κ3) is 5.51. The topological polar surface area (TPSA) is 128 Å². The molecule has 162 valence electrons. The van der Waals surface area contributed by atoms with Crippen LogP contribution < -0.4 is 9.64 Å². The zero-order chi connectivity index (χ0) is 23.3. The van der Waals surface area contributed by atoms with E-state index >= 15 is 0 Å². The van der Waals surface area contributed by atoms with E-state index in [-0.39, 0.29) is 11.3 Å². The Morgan fingerprint density at radius 2 is 1.47 bits per heavy atom. The molecule has 0 atom stereocenters. The number of benzene rings is 3. The number of hydrogen-bond acceptors (Lipinski definition) is 8. The molecule has 3 aromatic rings. The van der Waals surface area contributed by atoms with Gasteiger partial charge in [-0.3, -0.25) is 25.2 Å². The molecule has 0 aliphatic heterocycles. The Labute approximate surface area is 182 Å². The third-order valence-electron chi connectivity index (χ3n) is 4.38. The van der Waals surface area contributed by atoms with Crippen molar-refractivity contribution in [2.24, 2.45) is 4.99 Å². The van der Waals surface area contributed by atoms with E-state index in [0.717, 1.165) is 35.1 Å². The lowest BCUT2D eigenvalue weighted by atomic mass is 10.1. The average Bonchev–Trinajstić information content (AvgIpc) is 2.78.